The lowest BCUT2D eigenvalue weighted by Gasteiger charge is -2.68. The van der Waals surface area contributed by atoms with Gasteiger partial charge in [0.15, 0.2) is 0 Å². The smallest absolute Gasteiger partial charge is 0.244 e. The number of hydrogen-bond donors (Lipinski definition) is 0. The fourth-order valence-corrected chi connectivity index (χ4v) is 6.05. The van der Waals surface area contributed by atoms with Crippen LogP contribution < -0.4 is 0 Å². The summed E-state index contributed by atoms with van der Waals surface area (Å²) in [6, 6.07) is 0. The van der Waals surface area contributed by atoms with Crippen molar-refractivity contribution < 1.29 is 61.5 Å². The van der Waals surface area contributed by atoms with E-state index in [-0.39, 0.29) is 0 Å². The van der Waals surface area contributed by atoms with Gasteiger partial charge in [-0.1, -0.05) is 0 Å². The Morgan fingerprint density at radius 1 is 0.467 bits per heavy atom. The molecule has 4 aliphatic carbocycles. The highest BCUT2D eigenvalue weighted by molar-refractivity contribution is 5.26. The summed E-state index contributed by atoms with van der Waals surface area (Å²) in [5.74, 6) is -11.3. The molecule has 0 nitrogen and oxygen atoms in total. The number of rotatable bonds is 4. The normalized spacial score (nSPS) is 41.8. The van der Waals surface area contributed by atoms with Crippen LogP contribution in [0.25, 0.3) is 0 Å². The molecule has 2 atom stereocenters. The molecular weight excluding hydrogens is 458 g/mol. The third-order valence-electron chi connectivity index (χ3n) is 6.56. The second-order valence-corrected chi connectivity index (χ2v) is 8.98. The van der Waals surface area contributed by atoms with Crippen LogP contribution in [0.3, 0.4) is 0 Å². The molecule has 0 amide bonds. The molecule has 14 heteroatoms. The number of hydrogen-bond acceptors (Lipinski definition) is 0. The molecule has 0 aliphatic heterocycles. The highest BCUT2D eigenvalue weighted by atomic mass is 19.4. The van der Waals surface area contributed by atoms with Crippen molar-refractivity contribution in [3.05, 3.63) is 0 Å². The van der Waals surface area contributed by atoms with Crippen LogP contribution in [0.4, 0.5) is 61.5 Å². The monoisotopic (exact) mass is 472 g/mol. The van der Waals surface area contributed by atoms with E-state index >= 15 is 8.78 Å². The third-order valence-corrected chi connectivity index (χ3v) is 6.56. The van der Waals surface area contributed by atoms with E-state index in [4.69, 9.17) is 0 Å². The van der Waals surface area contributed by atoms with Gasteiger partial charge in [-0.2, -0.15) is 26.3 Å². The summed E-state index contributed by atoms with van der Waals surface area (Å²) in [6.07, 6.45) is -32.5. The van der Waals surface area contributed by atoms with Gasteiger partial charge in [0, 0.05) is 17.3 Å². The Morgan fingerprint density at radius 3 is 0.967 bits per heavy atom. The van der Waals surface area contributed by atoms with Crippen molar-refractivity contribution in [1.82, 2.24) is 0 Å². The van der Waals surface area contributed by atoms with Gasteiger partial charge in [-0.25, -0.2) is 35.1 Å². The maximum atomic E-state index is 15.1. The van der Waals surface area contributed by atoms with Gasteiger partial charge in [-0.15, -0.1) is 0 Å². The van der Waals surface area contributed by atoms with Crippen LogP contribution in [-0.2, 0) is 0 Å². The zero-order valence-corrected chi connectivity index (χ0v) is 14.7. The minimum atomic E-state index is -6.25. The highest BCUT2D eigenvalue weighted by Gasteiger charge is 2.83. The van der Waals surface area contributed by atoms with Crippen molar-refractivity contribution in [3.63, 3.8) is 0 Å². The quantitative estimate of drug-likeness (QED) is 0.394. The summed E-state index contributed by atoms with van der Waals surface area (Å²) in [5.41, 5.74) is -14.2. The Kier molecular flexibility index (Phi) is 4.64. The molecule has 0 spiro atoms. The Hall–Kier alpha value is -0.980. The molecule has 4 bridgehead atoms. The summed E-state index contributed by atoms with van der Waals surface area (Å²) in [7, 11) is 0. The van der Waals surface area contributed by atoms with Gasteiger partial charge in [0.25, 0.3) is 24.2 Å². The maximum absolute atomic E-state index is 15.1. The van der Waals surface area contributed by atoms with E-state index in [0.717, 1.165) is 0 Å². The van der Waals surface area contributed by atoms with Gasteiger partial charge in [0.2, 0.25) is 0 Å². The van der Waals surface area contributed by atoms with E-state index in [2.05, 4.69) is 0 Å². The Bertz CT molecular complexity index is 634. The first-order valence-corrected chi connectivity index (χ1v) is 8.60. The Balaban J connectivity index is 2.17. The van der Waals surface area contributed by atoms with E-state index in [0.29, 0.717) is 0 Å². The van der Waals surface area contributed by atoms with E-state index in [1.54, 1.807) is 0 Å². The molecule has 0 N–H and O–H groups in total. The van der Waals surface area contributed by atoms with Gasteiger partial charge in [0.1, 0.15) is 11.3 Å². The first-order chi connectivity index (χ1) is 13.1. The Labute approximate surface area is 160 Å². The van der Waals surface area contributed by atoms with E-state index in [1.165, 1.54) is 0 Å². The summed E-state index contributed by atoms with van der Waals surface area (Å²) >= 11 is 0. The molecule has 4 saturated carbocycles. The minimum Gasteiger partial charge on any atom is -0.244 e. The van der Waals surface area contributed by atoms with Gasteiger partial charge >= 0.3 is 12.4 Å². The van der Waals surface area contributed by atoms with Crippen molar-refractivity contribution >= 4 is 0 Å². The van der Waals surface area contributed by atoms with Crippen molar-refractivity contribution in [3.8, 4) is 0 Å². The van der Waals surface area contributed by atoms with Crippen LogP contribution >= 0.6 is 0 Å². The zero-order valence-electron chi connectivity index (χ0n) is 14.7. The predicted octanol–water partition coefficient (Wildman–Crippen LogP) is 6.83. The molecular formula is C16H14F14. The van der Waals surface area contributed by atoms with Crippen molar-refractivity contribution in [2.24, 2.45) is 10.8 Å². The molecule has 4 fully saturated rings. The summed E-state index contributed by atoms with van der Waals surface area (Å²) < 4.78 is 192. The van der Waals surface area contributed by atoms with E-state index < -0.39 is 97.2 Å². The molecule has 0 aromatic heterocycles. The lowest BCUT2D eigenvalue weighted by Crippen LogP contribution is -2.74. The van der Waals surface area contributed by atoms with Crippen molar-refractivity contribution in [1.29, 1.82) is 0 Å². The fraction of sp³-hybridized carbons (Fsp3) is 1.00. The number of halogens is 14. The van der Waals surface area contributed by atoms with Crippen LogP contribution in [0.5, 0.6) is 0 Å². The van der Waals surface area contributed by atoms with Gasteiger partial charge < -0.3 is 0 Å². The zero-order chi connectivity index (χ0) is 23.4. The lowest BCUT2D eigenvalue weighted by molar-refractivity contribution is -0.366. The van der Waals surface area contributed by atoms with Crippen LogP contribution in [0.15, 0.2) is 0 Å². The molecule has 0 saturated heterocycles. The van der Waals surface area contributed by atoms with Gasteiger partial charge in [-0.3, -0.25) is 0 Å². The van der Waals surface area contributed by atoms with E-state index in [9.17, 15) is 52.7 Å². The van der Waals surface area contributed by atoms with Crippen LogP contribution in [-0.4, -0.2) is 47.9 Å². The summed E-state index contributed by atoms with van der Waals surface area (Å²) in [5, 5.41) is 0. The van der Waals surface area contributed by atoms with Crippen LogP contribution in [0, 0.1) is 10.8 Å². The molecule has 0 radical (unpaired) electrons. The first-order valence-electron chi connectivity index (χ1n) is 8.60. The first kappa shape index (κ1) is 23.7. The Morgan fingerprint density at radius 2 is 0.733 bits per heavy atom. The average molecular weight is 472 g/mol. The average Bonchev–Trinajstić information content (AvgIpc) is 2.47. The van der Waals surface area contributed by atoms with Crippen molar-refractivity contribution in [2.45, 2.75) is 86.4 Å². The molecule has 0 heterocycles. The molecule has 4 aliphatic rings. The summed E-state index contributed by atoms with van der Waals surface area (Å²) in [4.78, 5) is 0. The highest BCUT2D eigenvalue weighted by Crippen LogP contribution is 2.77. The second kappa shape index (κ2) is 5.87. The number of alkyl halides is 14. The van der Waals surface area contributed by atoms with Crippen molar-refractivity contribution in [2.75, 3.05) is 0 Å². The second-order valence-electron chi connectivity index (χ2n) is 8.98. The van der Waals surface area contributed by atoms with Crippen LogP contribution in [0.1, 0.15) is 38.5 Å². The fourth-order valence-electron chi connectivity index (χ4n) is 6.05. The molecule has 2 unspecified atom stereocenters. The standard InChI is InChI=1S/C16H14F14/c17-7(15(25,26)27)13(21,22)9-1-10(14(23,24)8(18)16(28,29)30)4-11(19,2-9)6-12(20,3-9)5-10/h7-8H,1-6H2. The maximum Gasteiger partial charge on any atom is 0.425 e. The minimum absolute atomic E-state index is 1.35. The molecule has 176 valence electrons. The third kappa shape index (κ3) is 3.08. The SMILES string of the molecule is FC(C(F)(F)F)C(F)(F)C12CC3(F)CC(F)(C1)CC(C(F)(F)C(F)C(F)(F)F)(C3)C2. The molecule has 0 aromatic rings. The molecule has 0 aromatic carbocycles. The lowest BCUT2D eigenvalue weighted by atomic mass is 9.39. The van der Waals surface area contributed by atoms with Crippen LogP contribution in [0.2, 0.25) is 0 Å². The largest absolute Gasteiger partial charge is 0.425 e. The molecule has 30 heavy (non-hydrogen) atoms. The van der Waals surface area contributed by atoms with E-state index in [1.807, 2.05) is 0 Å². The topological polar surface area (TPSA) is 0 Å². The molecule has 4 rings (SSSR count). The van der Waals surface area contributed by atoms with Gasteiger partial charge in [-0.05, 0) is 32.1 Å². The predicted molar refractivity (Wildman–Crippen MR) is 72.0 cm³/mol. The van der Waals surface area contributed by atoms with Gasteiger partial charge in [0.05, 0.1) is 0 Å². The summed E-state index contributed by atoms with van der Waals surface area (Å²) in [6.45, 7) is 0.